The average Bonchev–Trinajstić information content (AvgIpc) is 1.77. The van der Waals surface area contributed by atoms with E-state index in [2.05, 4.69) is 88.5 Å². The van der Waals surface area contributed by atoms with Crippen LogP contribution >= 0.6 is 12.4 Å². The van der Waals surface area contributed by atoms with Gasteiger partial charge >= 0.3 is 0 Å². The first-order valence-corrected chi connectivity index (χ1v) is 36.5. The molecule has 2 aliphatic heterocycles. The number of aromatic hydroxyl groups is 7. The van der Waals surface area contributed by atoms with Crippen LogP contribution in [-0.2, 0) is 24.8 Å². The molecule has 2 heterocycles. The lowest BCUT2D eigenvalue weighted by molar-refractivity contribution is -0.114. The Morgan fingerprint density at radius 2 is 1.01 bits per heavy atom. The predicted molar refractivity (Wildman–Crippen MR) is 443 cm³/mol. The topological polar surface area (TPSA) is 424 Å². The van der Waals surface area contributed by atoms with Crippen molar-refractivity contribution in [3.63, 3.8) is 0 Å². The van der Waals surface area contributed by atoms with Crippen LogP contribution in [0.1, 0.15) is 52.7 Å². The van der Waals surface area contributed by atoms with E-state index in [4.69, 9.17) is 34.5 Å². The Balaban J connectivity index is 0.000000636. The zero-order chi connectivity index (χ0) is 78.7. The molecule has 0 radical (unpaired) electrons. The molecule has 30 heteroatoms. The summed E-state index contributed by atoms with van der Waals surface area (Å²) in [5.74, 6) is 17.5. The molecule has 27 nitrogen and oxygen atoms in total. The number of hydrogen-bond donors (Lipinski definition) is 16. The van der Waals surface area contributed by atoms with Crippen LogP contribution in [0.15, 0.2) is 158 Å². The van der Waals surface area contributed by atoms with Crippen molar-refractivity contribution in [2.24, 2.45) is 0 Å². The Labute approximate surface area is 636 Å². The number of rotatable bonds is 15. The molecule has 574 valence electrons. The van der Waals surface area contributed by atoms with Crippen LogP contribution in [0.2, 0.25) is 0 Å². The largest absolute Gasteiger partial charge is 0.506 e. The first-order valence-electron chi connectivity index (χ1n) is 32.7. The summed E-state index contributed by atoms with van der Waals surface area (Å²) in [5.41, 5.74) is 31.1. The first-order chi connectivity index (χ1) is 50.1. The van der Waals surface area contributed by atoms with Gasteiger partial charge < -0.3 is 99.1 Å². The Morgan fingerprint density at radius 3 is 1.56 bits per heavy atom. The molecule has 0 spiro atoms. The van der Waals surface area contributed by atoms with Crippen LogP contribution < -0.4 is 72.8 Å². The predicted octanol–water partition coefficient (Wildman–Crippen LogP) is 10.8. The number of hydrogen-bond acceptors (Lipinski definition) is 23. The van der Waals surface area contributed by atoms with Crippen LogP contribution in [0, 0.1) is 47.9 Å². The fraction of sp³-hybridized carbons (Fsp3) is 0.247. The maximum Gasteiger partial charge on any atom is 0.255 e. The summed E-state index contributed by atoms with van der Waals surface area (Å²) in [5, 5.41) is 74.1. The fourth-order valence-corrected chi connectivity index (χ4v) is 10.5. The van der Waals surface area contributed by atoms with Gasteiger partial charge in [0.2, 0.25) is 26.0 Å². The van der Waals surface area contributed by atoms with Crippen molar-refractivity contribution in [1.82, 2.24) is 0 Å². The standard InChI is InChI=1S/C15H10N2O.C13H12N2O2.2C11H16N2O3S.C10H16N2O.C9H14N2O.C8H10N2O2.ClH.2H2/c1-2-3-4-5-6-7-8-11-17-14-12-13(16)9-10-15(14)18;14-11-8-10(6-7-12(11)16)15-13(17)9-4-2-1-3-5-9;1-17(15,16)12-10-8-9(4-5-11(10)14)13-6-2-3-7-13;1-17(15,16)12-9-4-5-11(14)10(8-9)13-6-2-3-7-13;1-11(2)8-5-6-10(13)9(7-8)12(3)4;1-3-11(2)7-4-5-9(12)8(10)6-7;1-5(11)10-7-4-6(9)2-3-8(7)12;;;/h1,9-10,12,17-18H,11,16H2;1-8,16H,14H2,(H,15,17);2*4-5,8,12,14H,2-3,6-7H2,1H3;5-7,13H,1-4H3;4-6,12H,3,10H2,1-2H3;2-4,12H,9H2,1H3,(H,10,11);3*1H. The maximum absolute atomic E-state index is 11.8. The third-order valence-electron chi connectivity index (χ3n) is 14.8. The van der Waals surface area contributed by atoms with Gasteiger partial charge in [-0.2, -0.15) is 0 Å². The number of halogens is 1. The second-order valence-corrected chi connectivity index (χ2v) is 27.4. The normalized spacial score (nSPS) is 11.3. The van der Waals surface area contributed by atoms with Gasteiger partial charge in [-0.1, -0.05) is 24.1 Å². The number of carbonyl (C=O) groups is 2. The van der Waals surface area contributed by atoms with Gasteiger partial charge in [-0.25, -0.2) is 16.8 Å². The molecule has 0 bridgehead atoms. The summed E-state index contributed by atoms with van der Waals surface area (Å²) >= 11 is 0. The molecule has 2 saturated heterocycles. The van der Waals surface area contributed by atoms with Gasteiger partial charge in [0.15, 0.2) is 0 Å². The van der Waals surface area contributed by atoms with Crippen LogP contribution in [-0.4, -0.2) is 151 Å². The molecule has 10 rings (SSSR count). The van der Waals surface area contributed by atoms with Crippen molar-refractivity contribution < 1.29 is 65.0 Å². The molecule has 0 aliphatic carbocycles. The van der Waals surface area contributed by atoms with Crippen molar-refractivity contribution in [2.75, 3.05) is 160 Å². The van der Waals surface area contributed by atoms with E-state index in [0.29, 0.717) is 63.4 Å². The van der Waals surface area contributed by atoms with Gasteiger partial charge in [-0.15, -0.1) is 18.8 Å². The molecule has 0 atom stereocenters. The minimum Gasteiger partial charge on any atom is -0.506 e. The third-order valence-corrected chi connectivity index (χ3v) is 16.0. The molecule has 0 unspecified atom stereocenters. The summed E-state index contributed by atoms with van der Waals surface area (Å²) in [6.07, 6.45) is 11.6. The van der Waals surface area contributed by atoms with Crippen LogP contribution in [0.4, 0.5) is 79.6 Å². The Kier molecular flexibility index (Phi) is 36.5. The van der Waals surface area contributed by atoms with Crippen molar-refractivity contribution in [3.05, 3.63) is 163 Å². The number of nitrogen functional groups attached to an aromatic ring is 4. The van der Waals surface area contributed by atoms with Crippen molar-refractivity contribution in [1.29, 1.82) is 0 Å². The van der Waals surface area contributed by atoms with E-state index in [1.165, 1.54) is 49.4 Å². The van der Waals surface area contributed by atoms with E-state index in [0.717, 1.165) is 93.7 Å². The summed E-state index contributed by atoms with van der Waals surface area (Å²) in [7, 11) is 3.11. The third kappa shape index (κ3) is 32.7. The highest BCUT2D eigenvalue weighted by Gasteiger charge is 2.18. The molecular weight excluding hydrogens is 1430 g/mol. The van der Waals surface area contributed by atoms with E-state index in [-0.39, 0.29) is 72.9 Å². The number of phenols is 7. The van der Waals surface area contributed by atoms with Gasteiger partial charge in [-0.3, -0.25) is 19.0 Å². The van der Waals surface area contributed by atoms with Gasteiger partial charge in [-0.05, 0) is 208 Å². The number of nitrogens with one attached hydrogen (secondary N) is 5. The van der Waals surface area contributed by atoms with E-state index >= 15 is 0 Å². The highest BCUT2D eigenvalue weighted by Crippen LogP contribution is 2.35. The number of nitrogens with zero attached hydrogens (tertiary/aromatic N) is 5. The molecule has 2 fully saturated rings. The van der Waals surface area contributed by atoms with E-state index in [9.17, 15) is 57.1 Å². The number of nitrogens with two attached hydrogens (primary N) is 4. The smallest absolute Gasteiger partial charge is 0.255 e. The van der Waals surface area contributed by atoms with Gasteiger partial charge in [0.25, 0.3) is 5.91 Å². The number of phenolic OH excluding ortho intramolecular Hbond substituents is 7. The fourth-order valence-electron chi connectivity index (χ4n) is 9.42. The molecule has 8 aromatic rings. The van der Waals surface area contributed by atoms with Gasteiger partial charge in [0.05, 0.1) is 64.6 Å². The lowest BCUT2D eigenvalue weighted by atomic mass is 10.2. The summed E-state index contributed by atoms with van der Waals surface area (Å²) in [6, 6.07) is 43.1. The maximum atomic E-state index is 11.8. The van der Waals surface area contributed by atoms with Crippen LogP contribution in [0.25, 0.3) is 0 Å². The van der Waals surface area contributed by atoms with Crippen LogP contribution in [0.5, 0.6) is 40.2 Å². The van der Waals surface area contributed by atoms with Crippen molar-refractivity contribution in [3.8, 4) is 88.1 Å². The Hall–Kier alpha value is -12.7. The molecule has 20 N–H and O–H groups in total. The number of benzene rings is 8. The second-order valence-electron chi connectivity index (χ2n) is 23.9. The lowest BCUT2D eigenvalue weighted by Crippen LogP contribution is -2.18. The zero-order valence-corrected chi connectivity index (χ0v) is 63.5. The molecule has 0 aromatic heterocycles. The summed E-state index contributed by atoms with van der Waals surface area (Å²) in [4.78, 5) is 32.6. The summed E-state index contributed by atoms with van der Waals surface area (Å²) in [6.45, 7) is 8.43. The van der Waals surface area contributed by atoms with Gasteiger partial charge in [0, 0.05) is 117 Å². The molecular formula is C77H99ClN14O13S2. The minimum atomic E-state index is -3.37. The highest BCUT2D eigenvalue weighted by molar-refractivity contribution is 7.92. The monoisotopic (exact) mass is 1530 g/mol. The van der Waals surface area contributed by atoms with Crippen molar-refractivity contribution in [2.45, 2.75) is 39.5 Å². The number of anilines is 14. The lowest BCUT2D eigenvalue weighted by Gasteiger charge is -2.19. The summed E-state index contributed by atoms with van der Waals surface area (Å²) < 4.78 is 49.3. The molecule has 2 aliphatic rings. The van der Waals surface area contributed by atoms with Crippen LogP contribution in [0.3, 0.4) is 0 Å². The molecule has 2 amide bonds. The Morgan fingerprint density at radius 1 is 0.514 bits per heavy atom. The number of amides is 2. The molecule has 107 heavy (non-hydrogen) atoms. The van der Waals surface area contributed by atoms with E-state index < -0.39 is 20.0 Å². The molecule has 0 saturated carbocycles. The zero-order valence-electron chi connectivity index (χ0n) is 61.0. The number of terminal acetylenes is 1. The van der Waals surface area contributed by atoms with Crippen molar-refractivity contribution >= 4 is 124 Å². The average molecular weight is 1530 g/mol. The van der Waals surface area contributed by atoms with E-state index in [1.807, 2.05) is 69.3 Å². The number of carbonyl (C=O) groups excluding carboxylic acids is 2. The Bertz CT molecular complexity index is 4750. The second kappa shape index (κ2) is 44.1. The van der Waals surface area contributed by atoms with E-state index in [1.54, 1.807) is 91.0 Å². The van der Waals surface area contributed by atoms with Gasteiger partial charge in [0.1, 0.15) is 40.2 Å². The minimum absolute atomic E-state index is 0. The number of sulfonamides is 2. The quantitative estimate of drug-likeness (QED) is 0.0196. The molecule has 8 aromatic carbocycles. The first kappa shape index (κ1) is 88.5. The SMILES string of the molecule is C#CC#CC#CC#CCNc1cc(N)ccc1O.CC(=O)Nc1cc(N)ccc1O.CCN(C)c1ccc(O)c(N)c1.CN(C)c1ccc(O)c(N(C)C)c1.CS(=O)(=O)Nc1cc(N2CCCC2)ccc1O.CS(=O)(=O)Nc1ccc(O)c(N2CCCC2)c1.Cl.Nc1cc(NC(=O)c2ccccc2)ccc1O.[HH].[HH]. The highest BCUT2D eigenvalue weighted by atomic mass is 35.5.